The predicted octanol–water partition coefficient (Wildman–Crippen LogP) is 4.87. The first-order valence-corrected chi connectivity index (χ1v) is 8.07. The van der Waals surface area contributed by atoms with Crippen molar-refractivity contribution in [2.24, 2.45) is 0 Å². The molecule has 3 aromatic rings. The van der Waals surface area contributed by atoms with Crippen LogP contribution in [0.4, 0.5) is 23.1 Å². The van der Waals surface area contributed by atoms with Gasteiger partial charge >= 0.3 is 0 Å². The van der Waals surface area contributed by atoms with Gasteiger partial charge in [-0.3, -0.25) is 4.79 Å². The molecule has 0 aliphatic carbocycles. The van der Waals surface area contributed by atoms with Crippen molar-refractivity contribution >= 4 is 52.1 Å². The van der Waals surface area contributed by atoms with Crippen molar-refractivity contribution in [1.29, 1.82) is 0 Å². The average molecular weight is 374 g/mol. The molecule has 0 saturated carbocycles. The van der Waals surface area contributed by atoms with Crippen molar-refractivity contribution in [3.8, 4) is 0 Å². The van der Waals surface area contributed by atoms with Crippen molar-refractivity contribution in [2.45, 2.75) is 6.92 Å². The number of halogens is 2. The Balaban J connectivity index is 1.77. The van der Waals surface area contributed by atoms with Crippen LogP contribution in [0, 0.1) is 0 Å². The normalized spacial score (nSPS) is 10.4. The van der Waals surface area contributed by atoms with Crippen LogP contribution in [-0.2, 0) is 0 Å². The van der Waals surface area contributed by atoms with Gasteiger partial charge in [0.2, 0.25) is 5.95 Å². The van der Waals surface area contributed by atoms with Crippen molar-refractivity contribution in [3.63, 3.8) is 0 Å². The molecule has 0 saturated heterocycles. The summed E-state index contributed by atoms with van der Waals surface area (Å²) in [5, 5.41) is 14.8. The Morgan fingerprint density at radius 3 is 2.52 bits per heavy atom. The minimum atomic E-state index is 0.00839. The fraction of sp³-hybridized carbons (Fsp3) is 0.0588. The van der Waals surface area contributed by atoms with Gasteiger partial charge in [0.15, 0.2) is 11.6 Å². The van der Waals surface area contributed by atoms with Gasteiger partial charge in [0, 0.05) is 11.3 Å². The Morgan fingerprint density at radius 1 is 1.04 bits per heavy atom. The smallest absolute Gasteiger partial charge is 0.249 e. The lowest BCUT2D eigenvalue weighted by Gasteiger charge is -2.09. The highest BCUT2D eigenvalue weighted by molar-refractivity contribution is 6.43. The van der Waals surface area contributed by atoms with E-state index in [9.17, 15) is 4.79 Å². The third-order valence-electron chi connectivity index (χ3n) is 3.32. The summed E-state index contributed by atoms with van der Waals surface area (Å²) in [6.45, 7) is 1.52. The fourth-order valence-corrected chi connectivity index (χ4v) is 2.42. The monoisotopic (exact) mass is 373 g/mol. The molecule has 1 heterocycles. The zero-order valence-corrected chi connectivity index (χ0v) is 14.6. The van der Waals surface area contributed by atoms with Gasteiger partial charge in [-0.2, -0.15) is 10.1 Å². The molecule has 0 bridgehead atoms. The minimum Gasteiger partial charge on any atom is -0.338 e. The Hall–Kier alpha value is -2.70. The van der Waals surface area contributed by atoms with E-state index in [0.717, 1.165) is 5.69 Å². The molecule has 8 heteroatoms. The molecule has 2 aromatic carbocycles. The lowest BCUT2D eigenvalue weighted by molar-refractivity contribution is 0.101. The van der Waals surface area contributed by atoms with Gasteiger partial charge in [-0.1, -0.05) is 29.3 Å². The number of aromatic nitrogens is 3. The molecule has 0 aliphatic rings. The summed E-state index contributed by atoms with van der Waals surface area (Å²) < 4.78 is 0. The van der Waals surface area contributed by atoms with E-state index in [1.165, 1.54) is 13.1 Å². The van der Waals surface area contributed by atoms with Crippen LogP contribution >= 0.6 is 23.2 Å². The number of benzene rings is 2. The minimum absolute atomic E-state index is 0.00839. The maximum Gasteiger partial charge on any atom is 0.249 e. The highest BCUT2D eigenvalue weighted by atomic mass is 35.5. The summed E-state index contributed by atoms with van der Waals surface area (Å²) >= 11 is 12.1. The Bertz CT molecular complexity index is 915. The molecular formula is C17H13Cl2N5O. The SMILES string of the molecule is CC(=O)c1ccc(Nc2nncc(Nc3cccc(Cl)c3Cl)n2)cc1. The number of nitrogens with one attached hydrogen (secondary N) is 2. The van der Waals surface area contributed by atoms with Gasteiger partial charge in [-0.25, -0.2) is 0 Å². The molecule has 6 nitrogen and oxygen atoms in total. The zero-order chi connectivity index (χ0) is 17.8. The van der Waals surface area contributed by atoms with Crippen LogP contribution < -0.4 is 10.6 Å². The van der Waals surface area contributed by atoms with Crippen LogP contribution in [0.3, 0.4) is 0 Å². The second-order valence-corrected chi connectivity index (χ2v) is 5.94. The largest absolute Gasteiger partial charge is 0.338 e. The molecule has 126 valence electrons. The molecule has 0 spiro atoms. The van der Waals surface area contributed by atoms with E-state index in [-0.39, 0.29) is 5.78 Å². The van der Waals surface area contributed by atoms with Gasteiger partial charge in [0.1, 0.15) is 0 Å². The number of hydrogen-bond donors (Lipinski definition) is 2. The summed E-state index contributed by atoms with van der Waals surface area (Å²) in [5.41, 5.74) is 1.99. The maximum absolute atomic E-state index is 11.3. The van der Waals surface area contributed by atoms with Crippen LogP contribution in [0.15, 0.2) is 48.7 Å². The molecule has 0 aliphatic heterocycles. The molecule has 1 aromatic heterocycles. The van der Waals surface area contributed by atoms with E-state index in [2.05, 4.69) is 25.8 Å². The lowest BCUT2D eigenvalue weighted by atomic mass is 10.1. The summed E-state index contributed by atoms with van der Waals surface area (Å²) in [4.78, 5) is 15.6. The van der Waals surface area contributed by atoms with Crippen LogP contribution in [-0.4, -0.2) is 21.0 Å². The molecular weight excluding hydrogens is 361 g/mol. The van der Waals surface area contributed by atoms with Gasteiger partial charge in [-0.05, 0) is 43.3 Å². The highest BCUT2D eigenvalue weighted by Gasteiger charge is 2.07. The molecule has 25 heavy (non-hydrogen) atoms. The first-order valence-electron chi connectivity index (χ1n) is 7.32. The standard InChI is InChI=1S/C17H13Cl2N5O/c1-10(25)11-5-7-12(8-6-11)21-17-23-15(9-20-24-17)22-14-4-2-3-13(18)16(14)19/h2-9H,1H3,(H2,21,22,23,24). The van der Waals surface area contributed by atoms with Crippen molar-refractivity contribution in [3.05, 3.63) is 64.3 Å². The molecule has 0 atom stereocenters. The number of Topliss-reactive ketones (excluding diaryl/α,β-unsaturated/α-hetero) is 1. The first-order chi connectivity index (χ1) is 12.0. The van der Waals surface area contributed by atoms with E-state index in [0.29, 0.717) is 33.1 Å². The van der Waals surface area contributed by atoms with Crippen molar-refractivity contribution in [1.82, 2.24) is 15.2 Å². The van der Waals surface area contributed by atoms with Crippen molar-refractivity contribution in [2.75, 3.05) is 10.6 Å². The van der Waals surface area contributed by atoms with Gasteiger partial charge < -0.3 is 10.6 Å². The topological polar surface area (TPSA) is 79.8 Å². The molecule has 0 radical (unpaired) electrons. The van der Waals surface area contributed by atoms with Crippen LogP contribution in [0.2, 0.25) is 10.0 Å². The van der Waals surface area contributed by atoms with E-state index in [4.69, 9.17) is 23.2 Å². The molecule has 0 unspecified atom stereocenters. The van der Waals surface area contributed by atoms with Crippen molar-refractivity contribution < 1.29 is 4.79 Å². The summed E-state index contributed by atoms with van der Waals surface area (Å²) in [7, 11) is 0. The fourth-order valence-electron chi connectivity index (χ4n) is 2.07. The molecule has 0 fully saturated rings. The number of carbonyl (C=O) groups excluding carboxylic acids is 1. The highest BCUT2D eigenvalue weighted by Crippen LogP contribution is 2.31. The van der Waals surface area contributed by atoms with Crippen LogP contribution in [0.1, 0.15) is 17.3 Å². The first kappa shape index (κ1) is 17.1. The lowest BCUT2D eigenvalue weighted by Crippen LogP contribution is -2.03. The van der Waals surface area contributed by atoms with E-state index in [1.807, 2.05) is 0 Å². The molecule has 2 N–H and O–H groups in total. The van der Waals surface area contributed by atoms with Crippen LogP contribution in [0.5, 0.6) is 0 Å². The third kappa shape index (κ3) is 4.23. The van der Waals surface area contributed by atoms with Gasteiger partial charge in [0.25, 0.3) is 0 Å². The number of rotatable bonds is 5. The van der Waals surface area contributed by atoms with E-state index < -0.39 is 0 Å². The number of anilines is 4. The van der Waals surface area contributed by atoms with E-state index >= 15 is 0 Å². The summed E-state index contributed by atoms with van der Waals surface area (Å²) in [6, 6.07) is 12.3. The number of carbonyl (C=O) groups is 1. The van der Waals surface area contributed by atoms with E-state index in [1.54, 1.807) is 42.5 Å². The zero-order valence-electron chi connectivity index (χ0n) is 13.1. The number of hydrogen-bond acceptors (Lipinski definition) is 6. The van der Waals surface area contributed by atoms with Crippen LogP contribution in [0.25, 0.3) is 0 Å². The summed E-state index contributed by atoms with van der Waals surface area (Å²) in [6.07, 6.45) is 1.47. The average Bonchev–Trinajstić information content (AvgIpc) is 2.60. The Labute approximate surface area is 154 Å². The quantitative estimate of drug-likeness (QED) is 0.621. The third-order valence-corrected chi connectivity index (χ3v) is 4.14. The molecule has 3 rings (SSSR count). The molecule has 0 amide bonds. The number of nitrogens with zero attached hydrogens (tertiary/aromatic N) is 3. The predicted molar refractivity (Wildman–Crippen MR) is 99.3 cm³/mol. The Morgan fingerprint density at radius 2 is 1.80 bits per heavy atom. The second-order valence-electron chi connectivity index (χ2n) is 5.15. The number of ketones is 1. The summed E-state index contributed by atoms with van der Waals surface area (Å²) in [5.74, 6) is 0.773. The van der Waals surface area contributed by atoms with Gasteiger partial charge in [-0.15, -0.1) is 5.10 Å². The second kappa shape index (κ2) is 7.46. The maximum atomic E-state index is 11.3. The Kier molecular flexibility index (Phi) is 5.11. The van der Waals surface area contributed by atoms with Gasteiger partial charge in [0.05, 0.1) is 21.9 Å².